The Kier molecular flexibility index (Phi) is 6.59. The number of hydrogen-bond acceptors (Lipinski definition) is 4. The van der Waals surface area contributed by atoms with Gasteiger partial charge in [-0.25, -0.2) is 13.7 Å². The first-order valence-electron chi connectivity index (χ1n) is 7.66. The topological polar surface area (TPSA) is 66.4 Å². The molecule has 3 atom stereocenters. The number of benzene rings is 1. The number of nitrogens with one attached hydrogen (secondary N) is 1. The van der Waals surface area contributed by atoms with E-state index >= 15 is 0 Å². The Hall–Kier alpha value is -0.500. The van der Waals surface area contributed by atoms with Crippen LogP contribution in [0.1, 0.15) is 25.8 Å². The number of aliphatic carboxylic acids is 1. The maximum atomic E-state index is 12.7. The van der Waals surface area contributed by atoms with Crippen molar-refractivity contribution in [2.24, 2.45) is 5.92 Å². The van der Waals surface area contributed by atoms with Crippen LogP contribution in [0, 0.1) is 12.8 Å². The highest BCUT2D eigenvalue weighted by molar-refractivity contribution is 8.22. The van der Waals surface area contributed by atoms with Crippen molar-refractivity contribution in [1.82, 2.24) is 4.72 Å². The third-order valence-electron chi connectivity index (χ3n) is 4.11. The lowest BCUT2D eigenvalue weighted by molar-refractivity contribution is -0.138. The Morgan fingerprint density at radius 1 is 1.35 bits per heavy atom. The highest BCUT2D eigenvalue weighted by Gasteiger charge is 2.52. The molecule has 128 valence electrons. The summed E-state index contributed by atoms with van der Waals surface area (Å²) in [6.45, 7) is 6.04. The summed E-state index contributed by atoms with van der Waals surface area (Å²) in [6.07, 6.45) is 0.832. The second-order valence-electron chi connectivity index (χ2n) is 5.73. The van der Waals surface area contributed by atoms with E-state index in [1.165, 1.54) is 23.5 Å². The SMILES string of the molecule is CCC(C)C(NS(=O)c1ccc(C)cc1)C1(C(=O)O)SCCS1. The maximum Gasteiger partial charge on any atom is 0.331 e. The zero-order valence-corrected chi connectivity index (χ0v) is 16.0. The first-order valence-corrected chi connectivity index (χ1v) is 10.8. The minimum atomic E-state index is -1.42. The molecule has 4 nitrogen and oxygen atoms in total. The molecule has 1 aliphatic rings. The Morgan fingerprint density at radius 3 is 2.39 bits per heavy atom. The minimum absolute atomic E-state index is 0.110. The molecular formula is C16H23NO3S3. The van der Waals surface area contributed by atoms with Crippen LogP contribution in [0.25, 0.3) is 0 Å². The molecule has 0 aromatic heterocycles. The summed E-state index contributed by atoms with van der Waals surface area (Å²) < 4.78 is 14.9. The number of hydrogen-bond donors (Lipinski definition) is 2. The Balaban J connectivity index is 2.27. The average Bonchev–Trinajstić information content (AvgIpc) is 3.03. The predicted octanol–water partition coefficient (Wildman–Crippen LogP) is 3.28. The van der Waals surface area contributed by atoms with Gasteiger partial charge in [-0.05, 0) is 25.0 Å². The minimum Gasteiger partial charge on any atom is -0.480 e. The second kappa shape index (κ2) is 8.05. The first kappa shape index (κ1) is 18.8. The Morgan fingerprint density at radius 2 is 1.91 bits per heavy atom. The Labute approximate surface area is 148 Å². The molecule has 3 unspecified atom stereocenters. The van der Waals surface area contributed by atoms with Gasteiger partial charge < -0.3 is 5.11 Å². The van der Waals surface area contributed by atoms with E-state index in [4.69, 9.17) is 0 Å². The fourth-order valence-corrected chi connectivity index (χ4v) is 7.12. The molecule has 1 aliphatic heterocycles. The predicted molar refractivity (Wildman–Crippen MR) is 99.2 cm³/mol. The van der Waals surface area contributed by atoms with Gasteiger partial charge in [-0.3, -0.25) is 0 Å². The smallest absolute Gasteiger partial charge is 0.331 e. The van der Waals surface area contributed by atoms with E-state index in [1.54, 1.807) is 0 Å². The van der Waals surface area contributed by atoms with Crippen molar-refractivity contribution < 1.29 is 14.1 Å². The van der Waals surface area contributed by atoms with Crippen LogP contribution in [-0.2, 0) is 15.8 Å². The number of carboxylic acid groups (broad SMARTS) is 1. The lowest BCUT2D eigenvalue weighted by atomic mass is 9.96. The summed E-state index contributed by atoms with van der Waals surface area (Å²) in [6, 6.07) is 7.13. The highest BCUT2D eigenvalue weighted by atomic mass is 32.2. The van der Waals surface area contributed by atoms with Crippen molar-refractivity contribution in [3.8, 4) is 0 Å². The number of rotatable bonds is 7. The van der Waals surface area contributed by atoms with Gasteiger partial charge in [0.05, 0.1) is 10.9 Å². The molecular weight excluding hydrogens is 350 g/mol. The molecule has 0 aliphatic carbocycles. The zero-order chi connectivity index (χ0) is 17.0. The van der Waals surface area contributed by atoms with Gasteiger partial charge in [0.15, 0.2) is 4.08 Å². The normalized spacial score (nSPS) is 20.8. The van der Waals surface area contributed by atoms with Gasteiger partial charge in [0, 0.05) is 11.5 Å². The van der Waals surface area contributed by atoms with Crippen LogP contribution in [0.3, 0.4) is 0 Å². The van der Waals surface area contributed by atoms with Crippen molar-refractivity contribution >= 4 is 40.5 Å². The molecule has 23 heavy (non-hydrogen) atoms. The number of carboxylic acids is 1. The number of thioether (sulfide) groups is 2. The van der Waals surface area contributed by atoms with E-state index in [0.29, 0.717) is 4.90 Å². The van der Waals surface area contributed by atoms with Crippen molar-refractivity contribution in [3.63, 3.8) is 0 Å². The molecule has 0 spiro atoms. The summed E-state index contributed by atoms with van der Waals surface area (Å²) in [7, 11) is -1.42. The third-order valence-corrected chi connectivity index (χ3v) is 8.77. The molecule has 1 fully saturated rings. The monoisotopic (exact) mass is 373 g/mol. The van der Waals surface area contributed by atoms with Crippen LogP contribution in [-0.4, -0.2) is 36.9 Å². The third kappa shape index (κ3) is 4.13. The molecule has 1 aromatic rings. The van der Waals surface area contributed by atoms with Crippen LogP contribution >= 0.6 is 23.5 Å². The van der Waals surface area contributed by atoms with Gasteiger partial charge in [0.1, 0.15) is 11.0 Å². The molecule has 0 radical (unpaired) electrons. The van der Waals surface area contributed by atoms with E-state index in [0.717, 1.165) is 23.5 Å². The summed E-state index contributed by atoms with van der Waals surface area (Å²) in [5.41, 5.74) is 1.10. The molecule has 2 rings (SSSR count). The molecule has 0 bridgehead atoms. The van der Waals surface area contributed by atoms with Crippen LogP contribution in [0.2, 0.25) is 0 Å². The summed E-state index contributed by atoms with van der Waals surface area (Å²) >= 11 is 2.91. The fraction of sp³-hybridized carbons (Fsp3) is 0.562. The van der Waals surface area contributed by atoms with Crippen molar-refractivity contribution in [3.05, 3.63) is 29.8 Å². The van der Waals surface area contributed by atoms with Crippen LogP contribution in [0.4, 0.5) is 0 Å². The van der Waals surface area contributed by atoms with Crippen LogP contribution < -0.4 is 4.72 Å². The molecule has 2 N–H and O–H groups in total. The van der Waals surface area contributed by atoms with Gasteiger partial charge in [-0.15, -0.1) is 23.5 Å². The van der Waals surface area contributed by atoms with Gasteiger partial charge >= 0.3 is 5.97 Å². The summed E-state index contributed by atoms with van der Waals surface area (Å²) in [5, 5.41) is 9.82. The van der Waals surface area contributed by atoms with E-state index in [1.807, 2.05) is 45.0 Å². The molecule has 0 amide bonds. The van der Waals surface area contributed by atoms with Gasteiger partial charge in [0.25, 0.3) is 0 Å². The molecule has 1 heterocycles. The van der Waals surface area contributed by atoms with Gasteiger partial charge in [-0.2, -0.15) is 0 Å². The standard InChI is InChI=1S/C16H23NO3S3/c1-4-12(3)14(16(15(18)19)21-9-10-22-16)17-23(20)13-7-5-11(2)6-8-13/h5-8,12,14,17H,4,9-10H2,1-3H3,(H,18,19). The molecule has 1 aromatic carbocycles. The first-order chi connectivity index (χ1) is 10.9. The number of carbonyl (C=O) groups is 1. The molecule has 0 saturated carbocycles. The highest BCUT2D eigenvalue weighted by Crippen LogP contribution is 2.49. The van der Waals surface area contributed by atoms with Crippen molar-refractivity contribution in [2.75, 3.05) is 11.5 Å². The molecule has 7 heteroatoms. The van der Waals surface area contributed by atoms with Crippen LogP contribution in [0.15, 0.2) is 29.2 Å². The number of aryl methyl sites for hydroxylation is 1. The molecule has 1 saturated heterocycles. The van der Waals surface area contributed by atoms with Gasteiger partial charge in [0.2, 0.25) is 0 Å². The van der Waals surface area contributed by atoms with E-state index in [9.17, 15) is 14.1 Å². The lowest BCUT2D eigenvalue weighted by Crippen LogP contribution is -2.54. The van der Waals surface area contributed by atoms with Crippen LogP contribution in [0.5, 0.6) is 0 Å². The second-order valence-corrected chi connectivity index (χ2v) is 9.92. The fourth-order valence-electron chi connectivity index (χ4n) is 2.51. The van der Waals surface area contributed by atoms with Crippen molar-refractivity contribution in [2.45, 2.75) is 42.2 Å². The van der Waals surface area contributed by atoms with Gasteiger partial charge in [-0.1, -0.05) is 38.0 Å². The zero-order valence-electron chi connectivity index (χ0n) is 13.6. The average molecular weight is 374 g/mol. The summed E-state index contributed by atoms with van der Waals surface area (Å²) in [5.74, 6) is 0.896. The Bertz CT molecular complexity index is 570. The largest absolute Gasteiger partial charge is 0.480 e. The van der Waals surface area contributed by atoms with E-state index in [2.05, 4.69) is 4.72 Å². The summed E-state index contributed by atoms with van der Waals surface area (Å²) in [4.78, 5) is 12.6. The lowest BCUT2D eigenvalue weighted by Gasteiger charge is -2.36. The van der Waals surface area contributed by atoms with E-state index < -0.39 is 21.0 Å². The quantitative estimate of drug-likeness (QED) is 0.768. The van der Waals surface area contributed by atoms with E-state index in [-0.39, 0.29) is 12.0 Å². The maximum absolute atomic E-state index is 12.7. The van der Waals surface area contributed by atoms with Crippen molar-refractivity contribution in [1.29, 1.82) is 0 Å².